The lowest BCUT2D eigenvalue weighted by Crippen LogP contribution is -2.27. The van der Waals surface area contributed by atoms with Crippen molar-refractivity contribution in [3.05, 3.63) is 180 Å². The number of benzene rings is 5. The van der Waals surface area contributed by atoms with E-state index in [1.165, 1.54) is 11.8 Å². The van der Waals surface area contributed by atoms with Crippen LogP contribution in [0.25, 0.3) is 90.9 Å². The Morgan fingerprint density at radius 3 is 1.47 bits per heavy atom. The summed E-state index contributed by atoms with van der Waals surface area (Å²) in [5.41, 5.74) is 14.7. The molecule has 3 aromatic heterocycles. The fraction of sp³-hybridized carbons (Fsp3) is 0.131. The first-order valence-electron chi connectivity index (χ1n) is 24.0. The van der Waals surface area contributed by atoms with E-state index in [0.717, 1.165) is 78.0 Å². The third kappa shape index (κ3) is 9.72. The molecule has 8 aromatic rings. The number of amides is 3. The van der Waals surface area contributed by atoms with Crippen LogP contribution >= 0.6 is 12.6 Å². The van der Waals surface area contributed by atoms with E-state index in [1.807, 2.05) is 142 Å². The van der Waals surface area contributed by atoms with Gasteiger partial charge in [-0.15, -0.1) is 0 Å². The third-order valence-electron chi connectivity index (χ3n) is 12.9. The average molecular weight is 980 g/mol. The second-order valence-corrected chi connectivity index (χ2v) is 19.2. The van der Waals surface area contributed by atoms with Crippen molar-refractivity contribution in [1.82, 2.24) is 19.9 Å². The molecule has 0 fully saturated rings. The number of hydrogen-bond acceptors (Lipinski definition) is 7. The van der Waals surface area contributed by atoms with Crippen LogP contribution in [0, 0.1) is 5.41 Å². The lowest BCUT2D eigenvalue weighted by molar-refractivity contribution is -0.123. The molecule has 0 saturated heterocycles. The van der Waals surface area contributed by atoms with Crippen LogP contribution in [-0.2, 0) is 20.1 Å². The Bertz CT molecular complexity index is 3660. The number of para-hydroxylation sites is 2. The van der Waals surface area contributed by atoms with Crippen LogP contribution in [0.3, 0.4) is 0 Å². The fourth-order valence-electron chi connectivity index (χ4n) is 9.18. The molecule has 5 heterocycles. The molecule has 12 heteroatoms. The van der Waals surface area contributed by atoms with Crippen molar-refractivity contribution in [2.24, 2.45) is 5.41 Å². The highest BCUT2D eigenvalue weighted by Gasteiger charge is 2.25. The van der Waals surface area contributed by atoms with E-state index in [4.69, 9.17) is 14.7 Å². The van der Waals surface area contributed by atoms with Gasteiger partial charge in [-0.3, -0.25) is 14.4 Å². The average Bonchev–Trinajstić information content (AvgIpc) is 4.25. The monoisotopic (exact) mass is 979 g/mol. The number of nitrogens with zero attached hydrogens (tertiary/aromatic N) is 3. The number of anilines is 3. The minimum absolute atomic E-state index is 0.104. The molecule has 3 amide bonds. The normalized spacial score (nSPS) is 11.9. The summed E-state index contributed by atoms with van der Waals surface area (Å²) >= 11 is 4.54. The van der Waals surface area contributed by atoms with Gasteiger partial charge in [-0.1, -0.05) is 124 Å². The summed E-state index contributed by atoms with van der Waals surface area (Å²) in [6.07, 6.45) is 8.11. The summed E-state index contributed by atoms with van der Waals surface area (Å²) in [6, 6.07) is 49.5. The van der Waals surface area contributed by atoms with Gasteiger partial charge in [0.05, 0.1) is 28.5 Å². The number of fused-ring (bicyclic) bond motifs is 8. The molecule has 0 radical (unpaired) electrons. The lowest BCUT2D eigenvalue weighted by Gasteiger charge is -2.21. The SMILES string of the molecule is CC(=O)N(C)c1cccc(OCC(=O)Nc2ccccc2-c2c3nc(c(-c4ccccc4)c4ccc([nH]4)c(-c4ccccc4NC(=O)C(C)(C)C)c4nc(c(-c5ccccc5)c5ccc2[nH]5)C=C4)C=C3)c1CS. The van der Waals surface area contributed by atoms with Gasteiger partial charge in [-0.25, -0.2) is 9.97 Å². The molecule has 2 aliphatic heterocycles. The van der Waals surface area contributed by atoms with E-state index in [0.29, 0.717) is 45.5 Å². The van der Waals surface area contributed by atoms with Crippen LogP contribution in [0.4, 0.5) is 17.1 Å². The molecule has 10 rings (SSSR count). The van der Waals surface area contributed by atoms with Crippen LogP contribution in [0.15, 0.2) is 152 Å². The number of H-pyrrole nitrogens is 2. The molecule has 2 aliphatic rings. The second-order valence-electron chi connectivity index (χ2n) is 18.9. The van der Waals surface area contributed by atoms with Crippen molar-refractivity contribution in [2.45, 2.75) is 33.4 Å². The van der Waals surface area contributed by atoms with Crippen molar-refractivity contribution in [2.75, 3.05) is 29.2 Å². The van der Waals surface area contributed by atoms with Crippen LogP contribution in [0.1, 0.15) is 56.0 Å². The van der Waals surface area contributed by atoms with E-state index < -0.39 is 5.41 Å². The molecule has 0 spiro atoms. The van der Waals surface area contributed by atoms with Crippen molar-refractivity contribution < 1.29 is 19.1 Å². The summed E-state index contributed by atoms with van der Waals surface area (Å²) in [6.45, 7) is 6.90. The van der Waals surface area contributed by atoms with E-state index in [9.17, 15) is 14.4 Å². The summed E-state index contributed by atoms with van der Waals surface area (Å²) in [4.78, 5) is 59.9. The van der Waals surface area contributed by atoms with Crippen LogP contribution in [-0.4, -0.2) is 51.3 Å². The summed E-state index contributed by atoms with van der Waals surface area (Å²) in [5.74, 6) is 0.142. The molecule has 8 bridgehead atoms. The Hall–Kier alpha value is -8.74. The van der Waals surface area contributed by atoms with Crippen LogP contribution < -0.4 is 20.3 Å². The first kappa shape index (κ1) is 47.9. The zero-order chi connectivity index (χ0) is 50.8. The van der Waals surface area contributed by atoms with Gasteiger partial charge in [-0.2, -0.15) is 12.6 Å². The van der Waals surface area contributed by atoms with Crippen molar-refractivity contribution in [1.29, 1.82) is 0 Å². The molecular weight excluding hydrogens is 927 g/mol. The van der Waals surface area contributed by atoms with E-state index in [2.05, 4.69) is 75.7 Å². The van der Waals surface area contributed by atoms with Crippen molar-refractivity contribution >= 4 is 93.8 Å². The molecule has 362 valence electrons. The molecule has 0 unspecified atom stereocenters. The largest absolute Gasteiger partial charge is 0.483 e. The minimum Gasteiger partial charge on any atom is -0.483 e. The smallest absolute Gasteiger partial charge is 0.262 e. The standard InChI is InChI=1S/C61H53N7O4S/c1-37(69)68(5)53-25-16-26-54(42(53)36-73)72-35-55(70)66-43-23-14-12-21-40(43)58-49-31-27-45(62-49)56(38-17-8-6-9-18-38)47-29-33-51(64-47)59(41-22-13-15-24-44(41)67-60(71)61(2,3)4)52-34-30-48(65-52)57(39-19-10-7-11-20-39)46-28-32-50(58)63-46/h6-34,62,65,73H,35-36H2,1-5H3,(H,66,70)(H,67,71). The van der Waals surface area contributed by atoms with Gasteiger partial charge in [0.25, 0.3) is 5.91 Å². The number of carbonyl (C=O) groups is 3. The number of hydrogen-bond donors (Lipinski definition) is 5. The number of rotatable bonds is 11. The predicted octanol–water partition coefficient (Wildman–Crippen LogP) is 13.7. The molecule has 5 aromatic carbocycles. The molecule has 0 saturated carbocycles. The zero-order valence-electron chi connectivity index (χ0n) is 41.1. The van der Waals surface area contributed by atoms with Gasteiger partial charge in [0, 0.05) is 97.5 Å². The molecule has 0 atom stereocenters. The first-order chi connectivity index (χ1) is 35.4. The van der Waals surface area contributed by atoms with Gasteiger partial charge in [0.15, 0.2) is 6.61 Å². The van der Waals surface area contributed by atoms with Gasteiger partial charge in [0.2, 0.25) is 11.8 Å². The van der Waals surface area contributed by atoms with Gasteiger partial charge < -0.3 is 30.2 Å². The topological polar surface area (TPSA) is 145 Å². The summed E-state index contributed by atoms with van der Waals surface area (Å²) in [5, 5.41) is 6.36. The maximum absolute atomic E-state index is 14.0. The Labute approximate surface area is 429 Å². The fourth-order valence-corrected chi connectivity index (χ4v) is 9.50. The Balaban J connectivity index is 1.20. The molecule has 73 heavy (non-hydrogen) atoms. The van der Waals surface area contributed by atoms with Gasteiger partial charge in [-0.05, 0) is 84.0 Å². The second kappa shape index (κ2) is 20.2. The highest BCUT2D eigenvalue weighted by Crippen LogP contribution is 2.41. The summed E-state index contributed by atoms with van der Waals surface area (Å²) < 4.78 is 6.14. The number of carbonyl (C=O) groups excluding carboxylic acids is 3. The van der Waals surface area contributed by atoms with E-state index >= 15 is 0 Å². The van der Waals surface area contributed by atoms with Crippen molar-refractivity contribution in [3.8, 4) is 50.3 Å². The van der Waals surface area contributed by atoms with Crippen LogP contribution in [0.2, 0.25) is 0 Å². The zero-order valence-corrected chi connectivity index (χ0v) is 42.0. The third-order valence-corrected chi connectivity index (χ3v) is 13.3. The van der Waals surface area contributed by atoms with Gasteiger partial charge in [0.1, 0.15) is 5.75 Å². The summed E-state index contributed by atoms with van der Waals surface area (Å²) in [7, 11) is 1.69. The number of aromatic nitrogens is 4. The number of ether oxygens (including phenoxy) is 1. The quantitative estimate of drug-likeness (QED) is 0.0816. The molecule has 11 nitrogen and oxygen atoms in total. The van der Waals surface area contributed by atoms with E-state index in [1.54, 1.807) is 19.2 Å². The maximum Gasteiger partial charge on any atom is 0.262 e. The Morgan fingerprint density at radius 2 is 1.00 bits per heavy atom. The molecule has 0 aliphatic carbocycles. The lowest BCUT2D eigenvalue weighted by atomic mass is 9.94. The maximum atomic E-state index is 14.0. The van der Waals surface area contributed by atoms with E-state index in [-0.39, 0.29) is 24.3 Å². The highest BCUT2D eigenvalue weighted by atomic mass is 32.1. The minimum atomic E-state index is -0.633. The molecular formula is C61H53N7O4S. The van der Waals surface area contributed by atoms with Crippen LogP contribution in [0.5, 0.6) is 5.75 Å². The first-order valence-corrected chi connectivity index (χ1v) is 24.7. The number of thiol groups is 1. The Kier molecular flexibility index (Phi) is 13.2. The van der Waals surface area contributed by atoms with Crippen molar-refractivity contribution in [3.63, 3.8) is 0 Å². The Morgan fingerprint density at radius 1 is 0.562 bits per heavy atom. The number of nitrogens with one attached hydrogen (secondary N) is 4. The highest BCUT2D eigenvalue weighted by molar-refractivity contribution is 7.79. The van der Waals surface area contributed by atoms with Gasteiger partial charge >= 0.3 is 0 Å². The number of aromatic amines is 2. The predicted molar refractivity (Wildman–Crippen MR) is 301 cm³/mol. The molecule has 4 N–H and O–H groups in total.